The zero-order chi connectivity index (χ0) is 14.5. The van der Waals surface area contributed by atoms with Crippen molar-refractivity contribution in [3.8, 4) is 0 Å². The maximum atomic E-state index is 12.2. The number of aliphatic hydroxyl groups is 1. The predicted molar refractivity (Wildman–Crippen MR) is 78.2 cm³/mol. The van der Waals surface area contributed by atoms with E-state index in [-0.39, 0.29) is 12.4 Å². The number of Topliss-reactive ketones (excluding diaryl/α,β-unsaturated/α-hetero) is 1. The molecular weight excluding hydrogens is 254 g/mol. The molecule has 1 aliphatic carbocycles. The van der Waals surface area contributed by atoms with Gasteiger partial charge in [-0.05, 0) is 43.5 Å². The largest absolute Gasteiger partial charge is 0.389 e. The van der Waals surface area contributed by atoms with Crippen molar-refractivity contribution in [3.05, 3.63) is 34.9 Å². The number of rotatable bonds is 7. The summed E-state index contributed by atoms with van der Waals surface area (Å²) >= 11 is 0. The van der Waals surface area contributed by atoms with Crippen LogP contribution in [-0.2, 0) is 17.6 Å². The van der Waals surface area contributed by atoms with Crippen LogP contribution in [0.3, 0.4) is 0 Å². The fourth-order valence-corrected chi connectivity index (χ4v) is 2.75. The molecule has 0 saturated heterocycles. The summed E-state index contributed by atoms with van der Waals surface area (Å²) in [5.74, 6) is 0.104. The molecular formula is C16H23NO3. The molecule has 0 saturated carbocycles. The van der Waals surface area contributed by atoms with E-state index < -0.39 is 6.10 Å². The molecule has 4 nitrogen and oxygen atoms in total. The Morgan fingerprint density at radius 1 is 1.40 bits per heavy atom. The van der Waals surface area contributed by atoms with Crippen molar-refractivity contribution in [2.24, 2.45) is 0 Å². The lowest BCUT2D eigenvalue weighted by Gasteiger charge is -2.19. The van der Waals surface area contributed by atoms with Gasteiger partial charge in [0, 0.05) is 19.2 Å². The Balaban J connectivity index is 1.91. The Labute approximate surface area is 120 Å². The zero-order valence-electron chi connectivity index (χ0n) is 12.3. The van der Waals surface area contributed by atoms with E-state index in [9.17, 15) is 9.90 Å². The summed E-state index contributed by atoms with van der Waals surface area (Å²) in [6.45, 7) is 1.04. The molecule has 0 spiro atoms. The molecule has 1 atom stereocenters. The number of ketones is 1. The minimum Gasteiger partial charge on any atom is -0.389 e. The van der Waals surface area contributed by atoms with Crippen molar-refractivity contribution in [3.63, 3.8) is 0 Å². The van der Waals surface area contributed by atoms with E-state index in [0.29, 0.717) is 13.1 Å². The van der Waals surface area contributed by atoms with Crippen molar-refractivity contribution in [1.29, 1.82) is 0 Å². The molecule has 110 valence electrons. The Hall–Kier alpha value is -1.23. The molecule has 1 aliphatic rings. The minimum absolute atomic E-state index is 0.104. The lowest BCUT2D eigenvalue weighted by Crippen LogP contribution is -2.35. The smallest absolute Gasteiger partial charge is 0.176 e. The average Bonchev–Trinajstić information content (AvgIpc) is 2.85. The first kappa shape index (κ1) is 15.2. The Kier molecular flexibility index (Phi) is 5.29. The van der Waals surface area contributed by atoms with E-state index in [2.05, 4.69) is 6.07 Å². The number of hydrogen-bond acceptors (Lipinski definition) is 4. The topological polar surface area (TPSA) is 49.8 Å². The standard InChI is InChI=1S/C16H23NO3/c1-17(9-15(18)11-20-2)10-16(19)14-7-6-12-4-3-5-13(12)8-14/h6-8,15,18H,3-5,9-11H2,1-2H3. The molecule has 20 heavy (non-hydrogen) atoms. The molecule has 0 aliphatic heterocycles. The molecule has 0 bridgehead atoms. The summed E-state index contributed by atoms with van der Waals surface area (Å²) in [5.41, 5.74) is 3.47. The van der Waals surface area contributed by atoms with Crippen molar-refractivity contribution in [2.75, 3.05) is 33.9 Å². The first-order chi connectivity index (χ1) is 9.60. The number of methoxy groups -OCH3 is 1. The lowest BCUT2D eigenvalue weighted by atomic mass is 10.0. The van der Waals surface area contributed by atoms with Gasteiger partial charge in [0.05, 0.1) is 19.3 Å². The van der Waals surface area contributed by atoms with Crippen LogP contribution in [-0.4, -0.2) is 55.7 Å². The van der Waals surface area contributed by atoms with E-state index in [1.54, 1.807) is 7.11 Å². The van der Waals surface area contributed by atoms with Crippen LogP contribution in [0.4, 0.5) is 0 Å². The minimum atomic E-state index is -0.558. The number of nitrogens with zero attached hydrogens (tertiary/aromatic N) is 1. The van der Waals surface area contributed by atoms with Crippen LogP contribution < -0.4 is 0 Å². The molecule has 0 radical (unpaired) electrons. The van der Waals surface area contributed by atoms with Crippen LogP contribution in [0.5, 0.6) is 0 Å². The number of benzene rings is 1. The third kappa shape index (κ3) is 3.88. The van der Waals surface area contributed by atoms with Crippen LogP contribution in [0, 0.1) is 0 Å². The fraction of sp³-hybridized carbons (Fsp3) is 0.562. The lowest BCUT2D eigenvalue weighted by molar-refractivity contribution is 0.0427. The molecule has 0 aromatic heterocycles. The van der Waals surface area contributed by atoms with Gasteiger partial charge in [0.2, 0.25) is 0 Å². The first-order valence-corrected chi connectivity index (χ1v) is 7.10. The highest BCUT2D eigenvalue weighted by molar-refractivity contribution is 5.97. The van der Waals surface area contributed by atoms with E-state index in [0.717, 1.165) is 18.4 Å². The third-order valence-corrected chi connectivity index (χ3v) is 3.72. The fourth-order valence-electron chi connectivity index (χ4n) is 2.75. The SMILES string of the molecule is COCC(O)CN(C)CC(=O)c1ccc2c(c1)CCC2. The average molecular weight is 277 g/mol. The van der Waals surface area contributed by atoms with Crippen LogP contribution in [0.2, 0.25) is 0 Å². The molecule has 2 rings (SSSR count). The highest BCUT2D eigenvalue weighted by Crippen LogP contribution is 2.23. The molecule has 4 heteroatoms. The summed E-state index contributed by atoms with van der Waals surface area (Å²) < 4.78 is 4.88. The highest BCUT2D eigenvalue weighted by Gasteiger charge is 2.16. The van der Waals surface area contributed by atoms with Crippen LogP contribution in [0.15, 0.2) is 18.2 Å². The van der Waals surface area contributed by atoms with Gasteiger partial charge < -0.3 is 9.84 Å². The van der Waals surface area contributed by atoms with Crippen LogP contribution in [0.1, 0.15) is 27.9 Å². The molecule has 1 aromatic carbocycles. The Morgan fingerprint density at radius 2 is 2.15 bits per heavy atom. The number of carbonyl (C=O) groups is 1. The van der Waals surface area contributed by atoms with Gasteiger partial charge in [-0.3, -0.25) is 9.69 Å². The van der Waals surface area contributed by atoms with Gasteiger partial charge in [-0.25, -0.2) is 0 Å². The number of ether oxygens (including phenoxy) is 1. The number of aryl methyl sites for hydroxylation is 2. The molecule has 0 amide bonds. The number of hydrogen-bond donors (Lipinski definition) is 1. The molecule has 1 aromatic rings. The number of carbonyl (C=O) groups excluding carboxylic acids is 1. The van der Waals surface area contributed by atoms with Crippen LogP contribution in [0.25, 0.3) is 0 Å². The van der Waals surface area contributed by atoms with E-state index in [4.69, 9.17) is 4.74 Å². The van der Waals surface area contributed by atoms with Gasteiger partial charge in [0.1, 0.15) is 0 Å². The van der Waals surface area contributed by atoms with E-state index in [1.165, 1.54) is 17.5 Å². The van der Waals surface area contributed by atoms with Gasteiger partial charge >= 0.3 is 0 Å². The zero-order valence-corrected chi connectivity index (χ0v) is 12.3. The summed E-state index contributed by atoms with van der Waals surface area (Å²) in [5, 5.41) is 9.65. The monoisotopic (exact) mass is 277 g/mol. The van der Waals surface area contributed by atoms with Crippen molar-refractivity contribution in [1.82, 2.24) is 4.90 Å². The van der Waals surface area contributed by atoms with Crippen LogP contribution >= 0.6 is 0 Å². The Morgan fingerprint density at radius 3 is 2.90 bits per heavy atom. The summed E-state index contributed by atoms with van der Waals surface area (Å²) in [6.07, 6.45) is 2.85. The van der Waals surface area contributed by atoms with Gasteiger partial charge in [0.25, 0.3) is 0 Å². The molecule has 0 heterocycles. The molecule has 0 fully saturated rings. The molecule has 1 unspecified atom stereocenters. The van der Waals surface area contributed by atoms with Gasteiger partial charge in [0.15, 0.2) is 5.78 Å². The Bertz CT molecular complexity index is 473. The number of likely N-dealkylation sites (N-methyl/N-ethyl adjacent to an activating group) is 1. The highest BCUT2D eigenvalue weighted by atomic mass is 16.5. The second kappa shape index (κ2) is 6.97. The predicted octanol–water partition coefficient (Wildman–Crippen LogP) is 1.30. The summed E-state index contributed by atoms with van der Waals surface area (Å²) in [7, 11) is 3.39. The quantitative estimate of drug-likeness (QED) is 0.763. The number of aliphatic hydroxyl groups excluding tert-OH is 1. The maximum absolute atomic E-state index is 12.2. The maximum Gasteiger partial charge on any atom is 0.176 e. The van der Waals surface area contributed by atoms with Gasteiger partial charge in [-0.1, -0.05) is 12.1 Å². The van der Waals surface area contributed by atoms with Crippen molar-refractivity contribution < 1.29 is 14.6 Å². The van der Waals surface area contributed by atoms with Gasteiger partial charge in [-0.15, -0.1) is 0 Å². The first-order valence-electron chi connectivity index (χ1n) is 7.10. The van der Waals surface area contributed by atoms with E-state index >= 15 is 0 Å². The van der Waals surface area contributed by atoms with E-state index in [1.807, 2.05) is 24.1 Å². The third-order valence-electron chi connectivity index (χ3n) is 3.72. The number of fused-ring (bicyclic) bond motifs is 1. The second-order valence-electron chi connectivity index (χ2n) is 5.57. The normalized spacial score (nSPS) is 15.4. The van der Waals surface area contributed by atoms with Crippen molar-refractivity contribution in [2.45, 2.75) is 25.4 Å². The molecule has 1 N–H and O–H groups in total. The summed E-state index contributed by atoms with van der Waals surface area (Å²) in [6, 6.07) is 6.03. The van der Waals surface area contributed by atoms with Crippen molar-refractivity contribution >= 4 is 5.78 Å². The second-order valence-corrected chi connectivity index (χ2v) is 5.57. The summed E-state index contributed by atoms with van der Waals surface area (Å²) in [4.78, 5) is 14.1. The van der Waals surface area contributed by atoms with Gasteiger partial charge in [-0.2, -0.15) is 0 Å².